The Balaban J connectivity index is 2.55. The molecule has 1 heterocycles. The molecule has 1 unspecified atom stereocenters. The summed E-state index contributed by atoms with van der Waals surface area (Å²) in [7, 11) is 0. The van der Waals surface area contributed by atoms with Gasteiger partial charge in [0.1, 0.15) is 0 Å². The number of nitrogens with two attached hydrogens (primary N) is 1. The minimum absolute atomic E-state index is 0.152. The van der Waals surface area contributed by atoms with Crippen molar-refractivity contribution in [1.82, 2.24) is 14.2 Å². The number of hydrogen-bond acceptors (Lipinski definition) is 5. The third kappa shape index (κ3) is 3.01. The summed E-state index contributed by atoms with van der Waals surface area (Å²) in [4.78, 5) is 0. The van der Waals surface area contributed by atoms with Crippen LogP contribution in [0, 0.1) is 5.92 Å². The first-order valence-corrected chi connectivity index (χ1v) is 5.78. The monoisotopic (exact) mass is 214 g/mol. The minimum Gasteiger partial charge on any atom is -0.271 e. The number of hydrogen-bond donors (Lipinski definition) is 2. The molecule has 0 aromatic carbocycles. The fraction of sp³-hybridized carbons (Fsp3) is 0.778. The maximum Gasteiger partial charge on any atom is 0.0925 e. The quantitative estimate of drug-likeness (QED) is 0.560. The van der Waals surface area contributed by atoms with Crippen molar-refractivity contribution < 1.29 is 0 Å². The molecule has 0 aliphatic rings. The molecule has 0 aliphatic carbocycles. The van der Waals surface area contributed by atoms with Gasteiger partial charge in [0.05, 0.1) is 29.7 Å². The number of nitrogens with one attached hydrogen (secondary N) is 1. The molecule has 5 heteroatoms. The fourth-order valence-electron chi connectivity index (χ4n) is 1.55. The Hall–Kier alpha value is -0.520. The van der Waals surface area contributed by atoms with Gasteiger partial charge in [0.2, 0.25) is 0 Å². The van der Waals surface area contributed by atoms with Gasteiger partial charge in [0, 0.05) is 0 Å². The average Bonchev–Trinajstić information content (AvgIpc) is 2.73. The molecule has 0 spiro atoms. The molecule has 0 aliphatic heterocycles. The molecule has 14 heavy (non-hydrogen) atoms. The summed E-state index contributed by atoms with van der Waals surface area (Å²) >= 11 is 1.23. The van der Waals surface area contributed by atoms with E-state index in [0.717, 1.165) is 12.1 Å². The first-order chi connectivity index (χ1) is 6.81. The van der Waals surface area contributed by atoms with Gasteiger partial charge in [-0.05, 0) is 12.3 Å². The highest BCUT2D eigenvalue weighted by molar-refractivity contribution is 6.99. The van der Waals surface area contributed by atoms with E-state index in [0.29, 0.717) is 5.92 Å². The van der Waals surface area contributed by atoms with Crippen molar-refractivity contribution in [3.05, 3.63) is 11.9 Å². The molecule has 0 fully saturated rings. The second kappa shape index (κ2) is 6.06. The fourth-order valence-corrected chi connectivity index (χ4v) is 2.03. The molecule has 0 radical (unpaired) electrons. The lowest BCUT2D eigenvalue weighted by Crippen LogP contribution is -2.29. The van der Waals surface area contributed by atoms with Crippen molar-refractivity contribution in [2.45, 2.75) is 39.2 Å². The first kappa shape index (κ1) is 11.6. The van der Waals surface area contributed by atoms with Crippen molar-refractivity contribution >= 4 is 11.7 Å². The first-order valence-electron chi connectivity index (χ1n) is 5.05. The van der Waals surface area contributed by atoms with E-state index in [1.165, 1.54) is 24.6 Å². The summed E-state index contributed by atoms with van der Waals surface area (Å²) in [5.74, 6) is 6.21. The van der Waals surface area contributed by atoms with Crippen LogP contribution in [0.1, 0.15) is 44.8 Å². The van der Waals surface area contributed by atoms with Crippen LogP contribution in [0.5, 0.6) is 0 Å². The highest BCUT2D eigenvalue weighted by Crippen LogP contribution is 2.23. The number of rotatable bonds is 6. The van der Waals surface area contributed by atoms with Crippen molar-refractivity contribution in [1.29, 1.82) is 0 Å². The number of hydrazine groups is 1. The lowest BCUT2D eigenvalue weighted by molar-refractivity contribution is 0.371. The molecular formula is C9H18N4S. The van der Waals surface area contributed by atoms with Crippen LogP contribution in [0.15, 0.2) is 6.20 Å². The third-order valence-corrected chi connectivity index (χ3v) is 3.15. The SMILES string of the molecule is CCC(CC)CC(NN)c1cnsn1. The van der Waals surface area contributed by atoms with E-state index in [2.05, 4.69) is 28.0 Å². The lowest BCUT2D eigenvalue weighted by atomic mass is 9.94. The van der Waals surface area contributed by atoms with Crippen LogP contribution < -0.4 is 11.3 Å². The molecule has 0 saturated carbocycles. The van der Waals surface area contributed by atoms with Gasteiger partial charge in [-0.1, -0.05) is 26.7 Å². The van der Waals surface area contributed by atoms with Gasteiger partial charge in [-0.25, -0.2) is 0 Å². The van der Waals surface area contributed by atoms with Crippen LogP contribution >= 0.6 is 11.7 Å². The van der Waals surface area contributed by atoms with Gasteiger partial charge in [0.25, 0.3) is 0 Å². The molecule has 4 nitrogen and oxygen atoms in total. The summed E-state index contributed by atoms with van der Waals surface area (Å²) in [5, 5.41) is 0. The molecule has 3 N–H and O–H groups in total. The highest BCUT2D eigenvalue weighted by atomic mass is 32.1. The van der Waals surface area contributed by atoms with Gasteiger partial charge in [-0.2, -0.15) is 8.75 Å². The zero-order valence-electron chi connectivity index (χ0n) is 8.73. The predicted molar refractivity (Wildman–Crippen MR) is 58.7 cm³/mol. The molecule has 0 saturated heterocycles. The normalized spacial score (nSPS) is 13.4. The van der Waals surface area contributed by atoms with E-state index in [1.807, 2.05) is 0 Å². The van der Waals surface area contributed by atoms with E-state index in [1.54, 1.807) is 6.20 Å². The summed E-state index contributed by atoms with van der Waals surface area (Å²) in [6, 6.07) is 0.152. The second-order valence-corrected chi connectivity index (χ2v) is 4.03. The maximum atomic E-state index is 5.51. The summed E-state index contributed by atoms with van der Waals surface area (Å²) in [6.07, 6.45) is 5.20. The van der Waals surface area contributed by atoms with Crippen LogP contribution in [-0.2, 0) is 0 Å². The highest BCUT2D eigenvalue weighted by Gasteiger charge is 2.16. The molecule has 1 aromatic rings. The third-order valence-electron chi connectivity index (χ3n) is 2.66. The van der Waals surface area contributed by atoms with Gasteiger partial charge in [-0.15, -0.1) is 0 Å². The standard InChI is InChI=1S/C9H18N4S/c1-3-7(4-2)5-8(12-10)9-6-11-14-13-9/h6-8,12H,3-5,10H2,1-2H3. The number of nitrogens with zero attached hydrogens (tertiary/aromatic N) is 2. The average molecular weight is 214 g/mol. The van der Waals surface area contributed by atoms with E-state index in [-0.39, 0.29) is 6.04 Å². The Morgan fingerprint density at radius 1 is 1.50 bits per heavy atom. The van der Waals surface area contributed by atoms with E-state index in [9.17, 15) is 0 Å². The van der Waals surface area contributed by atoms with Crippen molar-refractivity contribution in [2.24, 2.45) is 11.8 Å². The van der Waals surface area contributed by atoms with Crippen molar-refractivity contribution in [3.63, 3.8) is 0 Å². The maximum absolute atomic E-state index is 5.51. The van der Waals surface area contributed by atoms with E-state index >= 15 is 0 Å². The number of aromatic nitrogens is 2. The predicted octanol–water partition coefficient (Wildman–Crippen LogP) is 1.87. The Kier molecular flexibility index (Phi) is 5.00. The molecule has 0 bridgehead atoms. The van der Waals surface area contributed by atoms with Gasteiger partial charge >= 0.3 is 0 Å². The zero-order valence-corrected chi connectivity index (χ0v) is 9.55. The molecule has 1 aromatic heterocycles. The van der Waals surface area contributed by atoms with Gasteiger partial charge < -0.3 is 0 Å². The smallest absolute Gasteiger partial charge is 0.0925 e. The Labute approximate surface area is 89.2 Å². The van der Waals surface area contributed by atoms with Gasteiger partial charge in [0.15, 0.2) is 0 Å². The summed E-state index contributed by atoms with van der Waals surface area (Å²) < 4.78 is 8.18. The van der Waals surface area contributed by atoms with E-state index < -0.39 is 0 Å². The van der Waals surface area contributed by atoms with E-state index in [4.69, 9.17) is 5.84 Å². The largest absolute Gasteiger partial charge is 0.271 e. The molecule has 80 valence electrons. The van der Waals surface area contributed by atoms with Crippen LogP contribution in [-0.4, -0.2) is 8.75 Å². The van der Waals surface area contributed by atoms with Crippen LogP contribution in [0.4, 0.5) is 0 Å². The van der Waals surface area contributed by atoms with Crippen molar-refractivity contribution in [2.75, 3.05) is 0 Å². The van der Waals surface area contributed by atoms with Crippen LogP contribution in [0.2, 0.25) is 0 Å². The Morgan fingerprint density at radius 2 is 2.21 bits per heavy atom. The molecule has 0 amide bonds. The van der Waals surface area contributed by atoms with Crippen LogP contribution in [0.3, 0.4) is 0 Å². The second-order valence-electron chi connectivity index (χ2n) is 3.47. The molecule has 1 rings (SSSR count). The zero-order chi connectivity index (χ0) is 10.4. The van der Waals surface area contributed by atoms with Gasteiger partial charge in [-0.3, -0.25) is 11.3 Å². The molecular weight excluding hydrogens is 196 g/mol. The van der Waals surface area contributed by atoms with Crippen LogP contribution in [0.25, 0.3) is 0 Å². The summed E-state index contributed by atoms with van der Waals surface area (Å²) in [5.41, 5.74) is 3.77. The molecule has 1 atom stereocenters. The minimum atomic E-state index is 0.152. The topological polar surface area (TPSA) is 63.8 Å². The van der Waals surface area contributed by atoms with Crippen molar-refractivity contribution in [3.8, 4) is 0 Å². The lowest BCUT2D eigenvalue weighted by Gasteiger charge is -2.19. The Bertz CT molecular complexity index is 233. The summed E-state index contributed by atoms with van der Waals surface area (Å²) in [6.45, 7) is 4.42. The Morgan fingerprint density at radius 3 is 2.64 bits per heavy atom.